The van der Waals surface area contributed by atoms with Crippen LogP contribution in [0.5, 0.6) is 0 Å². The fraction of sp³-hybridized carbons (Fsp3) is 0.667. The van der Waals surface area contributed by atoms with E-state index in [0.29, 0.717) is 39.0 Å². The van der Waals surface area contributed by atoms with Crippen LogP contribution in [0.25, 0.3) is 0 Å². The number of aldehydes is 1. The standard InChI is InChI=1S/C15H27N3O6/c1-3-16(11-14(21)22)4-5-17(10-13(2)20)6-7-18(8-9-19)12-15(23)24/h9,20H,2-8,10-12H2,1H3,(H,21,22)(H,23,24). The number of aliphatic carboxylic acids is 2. The van der Waals surface area contributed by atoms with Crippen molar-refractivity contribution in [1.29, 1.82) is 0 Å². The van der Waals surface area contributed by atoms with E-state index in [1.54, 1.807) is 4.90 Å². The van der Waals surface area contributed by atoms with E-state index in [-0.39, 0.29) is 31.9 Å². The summed E-state index contributed by atoms with van der Waals surface area (Å²) in [7, 11) is 0. The van der Waals surface area contributed by atoms with Crippen LogP contribution in [-0.4, -0.2) is 107 Å². The summed E-state index contributed by atoms with van der Waals surface area (Å²) in [5.74, 6) is -1.96. The van der Waals surface area contributed by atoms with Crippen LogP contribution in [-0.2, 0) is 14.4 Å². The molecule has 0 fully saturated rings. The van der Waals surface area contributed by atoms with Gasteiger partial charge >= 0.3 is 11.9 Å². The summed E-state index contributed by atoms with van der Waals surface area (Å²) < 4.78 is 0. The van der Waals surface area contributed by atoms with E-state index < -0.39 is 11.9 Å². The first kappa shape index (κ1) is 22.0. The Morgan fingerprint density at radius 2 is 1.33 bits per heavy atom. The molecule has 0 saturated heterocycles. The fourth-order valence-corrected chi connectivity index (χ4v) is 2.17. The second-order valence-electron chi connectivity index (χ2n) is 5.40. The number of likely N-dealkylation sites (N-methyl/N-ethyl adjacent to an activating group) is 1. The summed E-state index contributed by atoms with van der Waals surface area (Å²) >= 11 is 0. The molecule has 0 spiro atoms. The summed E-state index contributed by atoms with van der Waals surface area (Å²) in [5.41, 5.74) is 0. The number of carbonyl (C=O) groups is 3. The van der Waals surface area contributed by atoms with Crippen molar-refractivity contribution in [1.82, 2.24) is 14.7 Å². The number of carboxylic acids is 2. The van der Waals surface area contributed by atoms with Crippen LogP contribution < -0.4 is 0 Å². The molecule has 9 heteroatoms. The summed E-state index contributed by atoms with van der Waals surface area (Å²) in [6.07, 6.45) is 0.643. The topological polar surface area (TPSA) is 122 Å². The molecule has 0 aliphatic heterocycles. The number of nitrogens with zero attached hydrogens (tertiary/aromatic N) is 3. The molecule has 0 aliphatic rings. The molecule has 0 amide bonds. The van der Waals surface area contributed by atoms with Gasteiger partial charge in [0.15, 0.2) is 0 Å². The molecule has 9 nitrogen and oxygen atoms in total. The number of hydrogen-bond acceptors (Lipinski definition) is 7. The van der Waals surface area contributed by atoms with Crippen molar-refractivity contribution < 1.29 is 29.7 Å². The van der Waals surface area contributed by atoms with Gasteiger partial charge in [-0.25, -0.2) is 0 Å². The molecule has 0 saturated carbocycles. The molecule has 24 heavy (non-hydrogen) atoms. The highest BCUT2D eigenvalue weighted by molar-refractivity contribution is 5.69. The predicted molar refractivity (Wildman–Crippen MR) is 88.1 cm³/mol. The van der Waals surface area contributed by atoms with Crippen LogP contribution in [0, 0.1) is 0 Å². The van der Waals surface area contributed by atoms with Crippen LogP contribution in [0.4, 0.5) is 0 Å². The molecule has 3 N–H and O–H groups in total. The predicted octanol–water partition coefficient (Wildman–Crippen LogP) is -0.648. The smallest absolute Gasteiger partial charge is 0.317 e. The molecule has 0 unspecified atom stereocenters. The molecular formula is C15H27N3O6. The average Bonchev–Trinajstić information content (AvgIpc) is 2.47. The lowest BCUT2D eigenvalue weighted by Crippen LogP contribution is -2.43. The highest BCUT2D eigenvalue weighted by atomic mass is 16.4. The molecule has 0 aromatic rings. The maximum absolute atomic E-state index is 10.8. The van der Waals surface area contributed by atoms with Gasteiger partial charge < -0.3 is 20.1 Å². The van der Waals surface area contributed by atoms with Gasteiger partial charge in [0.1, 0.15) is 6.29 Å². The van der Waals surface area contributed by atoms with Crippen LogP contribution in [0.3, 0.4) is 0 Å². The van der Waals surface area contributed by atoms with Gasteiger partial charge in [-0.1, -0.05) is 13.5 Å². The highest BCUT2D eigenvalue weighted by Crippen LogP contribution is 1.98. The second kappa shape index (κ2) is 12.5. The molecule has 0 rings (SSSR count). The third-order valence-electron chi connectivity index (χ3n) is 3.37. The fourth-order valence-electron chi connectivity index (χ4n) is 2.17. The molecule has 0 aromatic carbocycles. The second-order valence-corrected chi connectivity index (χ2v) is 5.40. The van der Waals surface area contributed by atoms with E-state index in [0.717, 1.165) is 0 Å². The monoisotopic (exact) mass is 345 g/mol. The lowest BCUT2D eigenvalue weighted by Gasteiger charge is -2.28. The number of hydrogen-bond donors (Lipinski definition) is 3. The first-order valence-electron chi connectivity index (χ1n) is 7.69. The molecule has 138 valence electrons. The number of aliphatic hydroxyl groups excluding tert-OH is 1. The third kappa shape index (κ3) is 11.6. The number of aliphatic hydroxyl groups is 1. The molecule has 0 atom stereocenters. The zero-order valence-corrected chi connectivity index (χ0v) is 14.1. The average molecular weight is 345 g/mol. The van der Waals surface area contributed by atoms with Crippen molar-refractivity contribution >= 4 is 18.2 Å². The van der Waals surface area contributed by atoms with Crippen LogP contribution >= 0.6 is 0 Å². The first-order chi connectivity index (χ1) is 11.3. The Morgan fingerprint density at radius 3 is 1.75 bits per heavy atom. The number of carboxylic acid groups (broad SMARTS) is 2. The highest BCUT2D eigenvalue weighted by Gasteiger charge is 2.14. The minimum Gasteiger partial charge on any atom is -0.512 e. The maximum Gasteiger partial charge on any atom is 0.317 e. The van der Waals surface area contributed by atoms with E-state index >= 15 is 0 Å². The zero-order chi connectivity index (χ0) is 18.5. The van der Waals surface area contributed by atoms with Gasteiger partial charge in [-0.3, -0.25) is 24.3 Å². The van der Waals surface area contributed by atoms with Crippen LogP contribution in [0.15, 0.2) is 12.3 Å². The quantitative estimate of drug-likeness (QED) is 0.262. The third-order valence-corrected chi connectivity index (χ3v) is 3.37. The summed E-state index contributed by atoms with van der Waals surface area (Å²) in [4.78, 5) is 37.2. The minimum atomic E-state index is -1.02. The number of rotatable bonds is 15. The van der Waals surface area contributed by atoms with Crippen LogP contribution in [0.1, 0.15) is 6.92 Å². The SMILES string of the molecule is C=C(O)CN(CCN(CC)CC(=O)O)CCN(CC=O)CC(=O)O. The molecule has 0 heterocycles. The Bertz CT molecular complexity index is 429. The van der Waals surface area contributed by atoms with Gasteiger partial charge in [0, 0.05) is 26.2 Å². The molecule has 0 aliphatic carbocycles. The van der Waals surface area contributed by atoms with Crippen molar-refractivity contribution in [3.05, 3.63) is 12.3 Å². The van der Waals surface area contributed by atoms with Crippen molar-refractivity contribution in [2.45, 2.75) is 6.92 Å². The maximum atomic E-state index is 10.8. The first-order valence-corrected chi connectivity index (χ1v) is 7.69. The Labute approximate surface area is 141 Å². The molecular weight excluding hydrogens is 318 g/mol. The Morgan fingerprint density at radius 1 is 0.875 bits per heavy atom. The normalized spacial score (nSPS) is 11.2. The number of carbonyl (C=O) groups excluding carboxylic acids is 1. The van der Waals surface area contributed by atoms with E-state index in [2.05, 4.69) is 6.58 Å². The Kier molecular flexibility index (Phi) is 11.4. The van der Waals surface area contributed by atoms with E-state index in [9.17, 15) is 19.5 Å². The van der Waals surface area contributed by atoms with E-state index in [1.807, 2.05) is 11.8 Å². The Hall–Kier alpha value is -1.97. The molecule has 0 bridgehead atoms. The molecule has 0 aromatic heterocycles. The van der Waals surface area contributed by atoms with Crippen LogP contribution in [0.2, 0.25) is 0 Å². The largest absolute Gasteiger partial charge is 0.512 e. The van der Waals surface area contributed by atoms with Crippen molar-refractivity contribution in [3.63, 3.8) is 0 Å². The lowest BCUT2D eigenvalue weighted by molar-refractivity contribution is -0.139. The van der Waals surface area contributed by atoms with Gasteiger partial charge in [0.2, 0.25) is 0 Å². The Balaban J connectivity index is 4.57. The van der Waals surface area contributed by atoms with E-state index in [4.69, 9.17) is 10.2 Å². The van der Waals surface area contributed by atoms with Crippen molar-refractivity contribution in [2.75, 3.05) is 58.9 Å². The lowest BCUT2D eigenvalue weighted by atomic mass is 10.3. The van der Waals surface area contributed by atoms with Gasteiger partial charge in [0.25, 0.3) is 0 Å². The van der Waals surface area contributed by atoms with E-state index in [1.165, 1.54) is 4.90 Å². The van der Waals surface area contributed by atoms with Gasteiger partial charge in [0.05, 0.1) is 31.9 Å². The summed E-state index contributed by atoms with van der Waals surface area (Å²) in [5, 5.41) is 27.1. The van der Waals surface area contributed by atoms with Gasteiger partial charge in [-0.2, -0.15) is 0 Å². The minimum absolute atomic E-state index is 0.0142. The van der Waals surface area contributed by atoms with Gasteiger partial charge in [-0.05, 0) is 6.54 Å². The van der Waals surface area contributed by atoms with Crippen molar-refractivity contribution in [3.8, 4) is 0 Å². The zero-order valence-electron chi connectivity index (χ0n) is 14.1. The summed E-state index contributed by atoms with van der Waals surface area (Å²) in [6.45, 7) is 7.52. The van der Waals surface area contributed by atoms with Gasteiger partial charge in [-0.15, -0.1) is 0 Å². The van der Waals surface area contributed by atoms with Crippen molar-refractivity contribution in [2.24, 2.45) is 0 Å². The summed E-state index contributed by atoms with van der Waals surface area (Å²) in [6, 6.07) is 0. The molecule has 0 radical (unpaired) electrons.